The van der Waals surface area contributed by atoms with Crippen LogP contribution in [0.2, 0.25) is 10.0 Å². The fourth-order valence-electron chi connectivity index (χ4n) is 0.616. The number of methoxy groups -OCH3 is 2. The Morgan fingerprint density at radius 2 is 1.36 bits per heavy atom. The Labute approximate surface area is 78.6 Å². The second-order valence-electron chi connectivity index (χ2n) is 1.71. The third-order valence-electron chi connectivity index (χ3n) is 1.11. The molecule has 0 aliphatic carbocycles. The summed E-state index contributed by atoms with van der Waals surface area (Å²) in [5.74, 6) is 0. The van der Waals surface area contributed by atoms with E-state index in [-0.39, 0.29) is 0 Å². The van der Waals surface area contributed by atoms with Crippen molar-refractivity contribution in [1.82, 2.24) is 0 Å². The van der Waals surface area contributed by atoms with Crippen molar-refractivity contribution in [1.29, 1.82) is 0 Å². The molecule has 0 radical (unpaired) electrons. The number of ether oxygens (including phenoxy) is 2. The first kappa shape index (κ1) is 8.97. The molecule has 0 aromatic carbocycles. The fraction of sp³-hybridized carbons (Fsp3) is 0.333. The molecule has 1 aromatic rings. The van der Waals surface area contributed by atoms with Crippen LogP contribution in [0.3, 0.4) is 0 Å². The molecule has 0 saturated heterocycles. The molecule has 0 unspecified atom stereocenters. The summed E-state index contributed by atoms with van der Waals surface area (Å²) in [6.07, 6.45) is 0. The molecule has 1 rings (SSSR count). The zero-order valence-electron chi connectivity index (χ0n) is 5.98. The maximum absolute atomic E-state index is 5.77. The van der Waals surface area contributed by atoms with Crippen molar-refractivity contribution in [3.63, 3.8) is 0 Å². The molecule has 0 aliphatic rings. The Morgan fingerprint density at radius 1 is 1.00 bits per heavy atom. The van der Waals surface area contributed by atoms with Gasteiger partial charge in [-0.3, -0.25) is 0 Å². The molecule has 0 fully saturated rings. The van der Waals surface area contributed by atoms with Crippen LogP contribution in [-0.2, 0) is 0 Å². The summed E-state index contributed by atoms with van der Waals surface area (Å²) in [4.78, 5) is 0. The van der Waals surface area contributed by atoms with Gasteiger partial charge in [-0.2, -0.15) is 0 Å². The topological polar surface area (TPSA) is 18.5 Å². The average molecular weight is 213 g/mol. The van der Waals surface area contributed by atoms with E-state index in [2.05, 4.69) is 0 Å². The van der Waals surface area contributed by atoms with E-state index in [1.54, 1.807) is 0 Å². The standard InChI is InChI=1S/C6H6Cl2O2S/c1-9-5-3(7)4(8)6(10-2)11-5/h1-2H3. The fourth-order valence-corrected chi connectivity index (χ4v) is 2.00. The SMILES string of the molecule is COc1sc(OC)c(Cl)c1Cl. The molecule has 5 heteroatoms. The molecule has 0 saturated carbocycles. The van der Waals surface area contributed by atoms with Gasteiger partial charge in [-0.05, 0) is 0 Å². The van der Waals surface area contributed by atoms with Crippen LogP contribution in [0.25, 0.3) is 0 Å². The third-order valence-corrected chi connectivity index (χ3v) is 3.26. The van der Waals surface area contributed by atoms with Crippen LogP contribution >= 0.6 is 34.5 Å². The third kappa shape index (κ3) is 1.55. The van der Waals surface area contributed by atoms with E-state index >= 15 is 0 Å². The molecule has 1 heterocycles. The van der Waals surface area contributed by atoms with E-state index in [9.17, 15) is 0 Å². The Balaban J connectivity index is 3.12. The number of hydrogen-bond acceptors (Lipinski definition) is 3. The van der Waals surface area contributed by atoms with Crippen LogP contribution in [0.1, 0.15) is 0 Å². The quantitative estimate of drug-likeness (QED) is 0.751. The van der Waals surface area contributed by atoms with Crippen LogP contribution in [0, 0.1) is 0 Å². The first-order valence-corrected chi connectivity index (χ1v) is 4.33. The van der Waals surface area contributed by atoms with Gasteiger partial charge in [-0.1, -0.05) is 34.5 Å². The summed E-state index contributed by atoms with van der Waals surface area (Å²) < 4.78 is 9.86. The van der Waals surface area contributed by atoms with Gasteiger partial charge in [0.05, 0.1) is 14.2 Å². The van der Waals surface area contributed by atoms with Gasteiger partial charge in [-0.25, -0.2) is 0 Å². The van der Waals surface area contributed by atoms with Crippen molar-refractivity contribution < 1.29 is 9.47 Å². The smallest absolute Gasteiger partial charge is 0.197 e. The second kappa shape index (κ2) is 3.52. The lowest BCUT2D eigenvalue weighted by atomic mass is 10.6. The summed E-state index contributed by atoms with van der Waals surface area (Å²) in [6.45, 7) is 0. The van der Waals surface area contributed by atoms with Gasteiger partial charge in [0.1, 0.15) is 10.0 Å². The van der Waals surface area contributed by atoms with Crippen LogP contribution in [0.5, 0.6) is 10.1 Å². The predicted molar refractivity (Wildman–Crippen MR) is 47.4 cm³/mol. The van der Waals surface area contributed by atoms with E-state index in [1.807, 2.05) is 0 Å². The van der Waals surface area contributed by atoms with E-state index < -0.39 is 0 Å². The van der Waals surface area contributed by atoms with Gasteiger partial charge in [0, 0.05) is 0 Å². The molecule has 0 spiro atoms. The number of hydrogen-bond donors (Lipinski definition) is 0. The Bertz CT molecular complexity index is 235. The normalized spacial score (nSPS) is 9.82. The Morgan fingerprint density at radius 3 is 1.55 bits per heavy atom. The van der Waals surface area contributed by atoms with Crippen LogP contribution < -0.4 is 9.47 Å². The maximum Gasteiger partial charge on any atom is 0.197 e. The van der Waals surface area contributed by atoms with Gasteiger partial charge in [-0.15, -0.1) is 0 Å². The summed E-state index contributed by atoms with van der Waals surface area (Å²) in [5, 5.41) is 1.98. The molecule has 0 bridgehead atoms. The van der Waals surface area contributed by atoms with Crippen molar-refractivity contribution in [3.05, 3.63) is 10.0 Å². The Kier molecular flexibility index (Phi) is 2.87. The van der Waals surface area contributed by atoms with Crippen molar-refractivity contribution >= 4 is 34.5 Å². The van der Waals surface area contributed by atoms with E-state index in [0.717, 1.165) is 0 Å². The minimum absolute atomic E-state index is 0.413. The summed E-state index contributed by atoms with van der Waals surface area (Å²) in [6, 6.07) is 0. The first-order chi connectivity index (χ1) is 5.20. The van der Waals surface area contributed by atoms with Crippen molar-refractivity contribution in [3.8, 4) is 10.1 Å². The molecular weight excluding hydrogens is 207 g/mol. The first-order valence-electron chi connectivity index (χ1n) is 2.76. The monoisotopic (exact) mass is 212 g/mol. The molecule has 0 atom stereocenters. The lowest BCUT2D eigenvalue weighted by Gasteiger charge is -1.91. The zero-order chi connectivity index (χ0) is 8.43. The molecule has 2 nitrogen and oxygen atoms in total. The van der Waals surface area contributed by atoms with E-state index in [4.69, 9.17) is 32.7 Å². The van der Waals surface area contributed by atoms with E-state index in [0.29, 0.717) is 20.2 Å². The molecule has 0 amide bonds. The number of thiophene rings is 1. The highest BCUT2D eigenvalue weighted by Gasteiger charge is 2.15. The molecule has 0 N–H and O–H groups in total. The molecule has 0 aliphatic heterocycles. The van der Waals surface area contributed by atoms with Gasteiger partial charge >= 0.3 is 0 Å². The lowest BCUT2D eigenvalue weighted by Crippen LogP contribution is -1.76. The van der Waals surface area contributed by atoms with Crippen LogP contribution in [-0.4, -0.2) is 14.2 Å². The average Bonchev–Trinajstić information content (AvgIpc) is 2.30. The minimum atomic E-state index is 0.413. The number of rotatable bonds is 2. The lowest BCUT2D eigenvalue weighted by molar-refractivity contribution is 0.424. The summed E-state index contributed by atoms with van der Waals surface area (Å²) >= 11 is 12.8. The molecule has 11 heavy (non-hydrogen) atoms. The summed E-state index contributed by atoms with van der Waals surface area (Å²) in [7, 11) is 3.07. The van der Waals surface area contributed by atoms with E-state index in [1.165, 1.54) is 25.6 Å². The van der Waals surface area contributed by atoms with Gasteiger partial charge < -0.3 is 9.47 Å². The zero-order valence-corrected chi connectivity index (χ0v) is 8.31. The maximum atomic E-state index is 5.77. The highest BCUT2D eigenvalue weighted by molar-refractivity contribution is 7.17. The second-order valence-corrected chi connectivity index (χ2v) is 3.41. The van der Waals surface area contributed by atoms with Gasteiger partial charge in [0.25, 0.3) is 0 Å². The van der Waals surface area contributed by atoms with Crippen LogP contribution in [0.4, 0.5) is 0 Å². The summed E-state index contributed by atoms with van der Waals surface area (Å²) in [5.41, 5.74) is 0. The highest BCUT2D eigenvalue weighted by Crippen LogP contribution is 2.47. The van der Waals surface area contributed by atoms with Gasteiger partial charge in [0.15, 0.2) is 10.1 Å². The number of halogens is 2. The largest absolute Gasteiger partial charge is 0.486 e. The van der Waals surface area contributed by atoms with Crippen molar-refractivity contribution in [2.75, 3.05) is 14.2 Å². The van der Waals surface area contributed by atoms with Crippen molar-refractivity contribution in [2.45, 2.75) is 0 Å². The van der Waals surface area contributed by atoms with Crippen LogP contribution in [0.15, 0.2) is 0 Å². The highest BCUT2D eigenvalue weighted by atomic mass is 35.5. The molecule has 62 valence electrons. The molecule has 1 aromatic heterocycles. The Hall–Kier alpha value is -0.120. The predicted octanol–water partition coefficient (Wildman–Crippen LogP) is 3.07. The molecular formula is C6H6Cl2O2S. The van der Waals surface area contributed by atoms with Crippen molar-refractivity contribution in [2.24, 2.45) is 0 Å². The minimum Gasteiger partial charge on any atom is -0.486 e. The van der Waals surface area contributed by atoms with Gasteiger partial charge in [0.2, 0.25) is 0 Å².